The molecular formula is C16H13BrN4O2. The summed E-state index contributed by atoms with van der Waals surface area (Å²) in [5, 5.41) is 16.5. The molecule has 0 heterocycles. The lowest BCUT2D eigenvalue weighted by atomic mass is 10.2. The number of hydrogen-bond donors (Lipinski definition) is 3. The highest BCUT2D eigenvalue weighted by Crippen LogP contribution is 2.13. The first-order valence-corrected chi connectivity index (χ1v) is 7.46. The summed E-state index contributed by atoms with van der Waals surface area (Å²) in [5.74, 6) is -0.340. The number of halogens is 1. The van der Waals surface area contributed by atoms with Gasteiger partial charge in [0.15, 0.2) is 0 Å². The molecule has 0 fully saturated rings. The summed E-state index contributed by atoms with van der Waals surface area (Å²) in [5.41, 5.74) is 1.56. The first kappa shape index (κ1) is 16.5. The van der Waals surface area contributed by atoms with Crippen LogP contribution >= 0.6 is 15.9 Å². The van der Waals surface area contributed by atoms with E-state index in [-0.39, 0.29) is 12.5 Å². The van der Waals surface area contributed by atoms with E-state index in [2.05, 4.69) is 31.9 Å². The Labute approximate surface area is 141 Å². The van der Waals surface area contributed by atoms with Gasteiger partial charge in [-0.15, -0.1) is 0 Å². The highest BCUT2D eigenvalue weighted by molar-refractivity contribution is 9.10. The molecule has 0 aliphatic carbocycles. The highest BCUT2D eigenvalue weighted by atomic mass is 79.9. The summed E-state index contributed by atoms with van der Waals surface area (Å²) < 4.78 is 0.910. The van der Waals surface area contributed by atoms with Crippen LogP contribution in [0.2, 0.25) is 0 Å². The van der Waals surface area contributed by atoms with Gasteiger partial charge in [0, 0.05) is 15.8 Å². The van der Waals surface area contributed by atoms with Crippen molar-refractivity contribution < 1.29 is 9.59 Å². The molecule has 0 saturated heterocycles. The van der Waals surface area contributed by atoms with Gasteiger partial charge in [0.25, 0.3) is 0 Å². The predicted molar refractivity (Wildman–Crippen MR) is 91.0 cm³/mol. The summed E-state index contributed by atoms with van der Waals surface area (Å²) in [6, 6.07) is 15.1. The van der Waals surface area contributed by atoms with Crippen LogP contribution in [0.3, 0.4) is 0 Å². The fraction of sp³-hybridized carbons (Fsp3) is 0.0625. The van der Waals surface area contributed by atoms with Gasteiger partial charge in [-0.3, -0.25) is 4.79 Å². The smallest absolute Gasteiger partial charge is 0.319 e. The third-order valence-electron chi connectivity index (χ3n) is 2.79. The van der Waals surface area contributed by atoms with Crippen LogP contribution in [0.1, 0.15) is 5.56 Å². The van der Waals surface area contributed by atoms with Crippen LogP contribution in [0.4, 0.5) is 16.2 Å². The maximum Gasteiger partial charge on any atom is 0.319 e. The summed E-state index contributed by atoms with van der Waals surface area (Å²) in [7, 11) is 0. The quantitative estimate of drug-likeness (QED) is 0.769. The lowest BCUT2D eigenvalue weighted by Crippen LogP contribution is -2.35. The van der Waals surface area contributed by atoms with Crippen molar-refractivity contribution in [1.82, 2.24) is 5.32 Å². The molecule has 0 aliphatic heterocycles. The summed E-state index contributed by atoms with van der Waals surface area (Å²) in [4.78, 5) is 23.5. The molecule has 116 valence electrons. The SMILES string of the molecule is N#Cc1cccc(NC(=O)NCC(=O)Nc2ccc(Br)cc2)c1. The van der Waals surface area contributed by atoms with Crippen molar-refractivity contribution in [2.24, 2.45) is 0 Å². The summed E-state index contributed by atoms with van der Waals surface area (Å²) in [6.07, 6.45) is 0. The number of nitrogens with zero attached hydrogens (tertiary/aromatic N) is 1. The van der Waals surface area contributed by atoms with E-state index in [1.165, 1.54) is 0 Å². The Kier molecular flexibility index (Phi) is 5.72. The second kappa shape index (κ2) is 7.96. The fourth-order valence-electron chi connectivity index (χ4n) is 1.74. The van der Waals surface area contributed by atoms with Crippen LogP contribution in [0.15, 0.2) is 53.0 Å². The lowest BCUT2D eigenvalue weighted by molar-refractivity contribution is -0.115. The molecule has 0 radical (unpaired) electrons. The molecule has 0 unspecified atom stereocenters. The average Bonchev–Trinajstić information content (AvgIpc) is 2.55. The minimum absolute atomic E-state index is 0.167. The van der Waals surface area contributed by atoms with Crippen LogP contribution < -0.4 is 16.0 Å². The van der Waals surface area contributed by atoms with Gasteiger partial charge in [-0.2, -0.15) is 5.26 Å². The Morgan fingerprint density at radius 3 is 2.48 bits per heavy atom. The number of carbonyl (C=O) groups excluding carboxylic acids is 2. The first-order chi connectivity index (χ1) is 11.1. The molecular weight excluding hydrogens is 360 g/mol. The number of benzene rings is 2. The van der Waals surface area contributed by atoms with Gasteiger partial charge >= 0.3 is 6.03 Å². The number of rotatable bonds is 4. The summed E-state index contributed by atoms with van der Waals surface area (Å²) in [6.45, 7) is -0.167. The predicted octanol–water partition coefficient (Wildman–Crippen LogP) is 3.08. The van der Waals surface area contributed by atoms with Crippen LogP contribution in [-0.2, 0) is 4.79 Å². The van der Waals surface area contributed by atoms with Gasteiger partial charge in [-0.25, -0.2) is 4.79 Å². The second-order valence-corrected chi connectivity index (χ2v) is 5.47. The number of carbonyl (C=O) groups is 2. The largest absolute Gasteiger partial charge is 0.329 e. The lowest BCUT2D eigenvalue weighted by Gasteiger charge is -2.08. The number of hydrogen-bond acceptors (Lipinski definition) is 3. The molecule has 2 aromatic carbocycles. The third-order valence-corrected chi connectivity index (χ3v) is 3.32. The molecule has 6 nitrogen and oxygen atoms in total. The fourth-order valence-corrected chi connectivity index (χ4v) is 2.01. The number of urea groups is 1. The first-order valence-electron chi connectivity index (χ1n) is 6.67. The van der Waals surface area contributed by atoms with E-state index < -0.39 is 6.03 Å². The molecule has 7 heteroatoms. The molecule has 0 aromatic heterocycles. The molecule has 2 rings (SSSR count). The Balaban J connectivity index is 1.80. The van der Waals surface area contributed by atoms with Gasteiger partial charge in [-0.05, 0) is 42.5 Å². The average molecular weight is 373 g/mol. The monoisotopic (exact) mass is 372 g/mol. The molecule has 3 N–H and O–H groups in total. The maximum absolute atomic E-state index is 11.7. The number of amides is 3. The topological polar surface area (TPSA) is 94.0 Å². The molecule has 0 spiro atoms. The van der Waals surface area contributed by atoms with Crippen molar-refractivity contribution in [3.8, 4) is 6.07 Å². The van der Waals surface area contributed by atoms with Crippen molar-refractivity contribution in [3.05, 3.63) is 58.6 Å². The molecule has 0 bridgehead atoms. The Bertz CT molecular complexity index is 753. The zero-order valence-electron chi connectivity index (χ0n) is 12.0. The Morgan fingerprint density at radius 1 is 1.04 bits per heavy atom. The number of nitrogens with one attached hydrogen (secondary N) is 3. The molecule has 0 atom stereocenters. The van der Waals surface area contributed by atoms with Crippen LogP contribution in [0.25, 0.3) is 0 Å². The molecule has 3 amide bonds. The number of anilines is 2. The van der Waals surface area contributed by atoms with Gasteiger partial charge in [0.05, 0.1) is 18.2 Å². The number of nitriles is 1. The maximum atomic E-state index is 11.7. The third kappa shape index (κ3) is 5.45. The van der Waals surface area contributed by atoms with Gasteiger partial charge < -0.3 is 16.0 Å². The molecule has 0 saturated carbocycles. The van der Waals surface area contributed by atoms with Crippen molar-refractivity contribution in [2.45, 2.75) is 0 Å². The van der Waals surface area contributed by atoms with Crippen molar-refractivity contribution in [2.75, 3.05) is 17.2 Å². The normalized spacial score (nSPS) is 9.57. The van der Waals surface area contributed by atoms with E-state index in [0.717, 1.165) is 4.47 Å². The van der Waals surface area contributed by atoms with Crippen molar-refractivity contribution >= 4 is 39.2 Å². The van der Waals surface area contributed by atoms with E-state index in [1.807, 2.05) is 6.07 Å². The van der Waals surface area contributed by atoms with Gasteiger partial charge in [0.1, 0.15) is 0 Å². The van der Waals surface area contributed by atoms with E-state index in [9.17, 15) is 9.59 Å². The Hall–Kier alpha value is -2.85. The van der Waals surface area contributed by atoms with Gasteiger partial charge in [-0.1, -0.05) is 22.0 Å². The standard InChI is InChI=1S/C16H13BrN4O2/c17-12-4-6-13(7-5-12)20-15(22)10-19-16(23)21-14-3-1-2-11(8-14)9-18/h1-8H,10H2,(H,20,22)(H2,19,21,23). The molecule has 2 aromatic rings. The van der Waals surface area contributed by atoms with Gasteiger partial charge in [0.2, 0.25) is 5.91 Å². The molecule has 0 aliphatic rings. The van der Waals surface area contributed by atoms with Crippen LogP contribution in [-0.4, -0.2) is 18.5 Å². The van der Waals surface area contributed by atoms with Crippen molar-refractivity contribution in [3.63, 3.8) is 0 Å². The van der Waals surface area contributed by atoms with E-state index in [0.29, 0.717) is 16.9 Å². The molecule has 23 heavy (non-hydrogen) atoms. The van der Waals surface area contributed by atoms with E-state index in [1.54, 1.807) is 48.5 Å². The van der Waals surface area contributed by atoms with Crippen molar-refractivity contribution in [1.29, 1.82) is 5.26 Å². The summed E-state index contributed by atoms with van der Waals surface area (Å²) >= 11 is 3.31. The van der Waals surface area contributed by atoms with Crippen LogP contribution in [0, 0.1) is 11.3 Å². The van der Waals surface area contributed by atoms with Crippen LogP contribution in [0.5, 0.6) is 0 Å². The second-order valence-electron chi connectivity index (χ2n) is 4.56. The minimum atomic E-state index is -0.522. The zero-order chi connectivity index (χ0) is 16.7. The highest BCUT2D eigenvalue weighted by Gasteiger charge is 2.06. The minimum Gasteiger partial charge on any atom is -0.329 e. The van der Waals surface area contributed by atoms with E-state index >= 15 is 0 Å². The van der Waals surface area contributed by atoms with E-state index in [4.69, 9.17) is 5.26 Å². The Morgan fingerprint density at radius 2 is 1.78 bits per heavy atom. The zero-order valence-corrected chi connectivity index (χ0v) is 13.6.